The van der Waals surface area contributed by atoms with Crippen molar-refractivity contribution >= 4 is 0 Å². The van der Waals surface area contributed by atoms with Gasteiger partial charge in [-0.15, -0.1) is 0 Å². The molecule has 0 aliphatic rings. The summed E-state index contributed by atoms with van der Waals surface area (Å²) in [6.07, 6.45) is 0.580. The fraction of sp³-hybridized carbons (Fsp3) is 0.467. The van der Waals surface area contributed by atoms with Crippen LogP contribution in [-0.2, 0) is 4.74 Å². The van der Waals surface area contributed by atoms with E-state index in [0.29, 0.717) is 13.0 Å². The fourth-order valence-electron chi connectivity index (χ4n) is 1.38. The van der Waals surface area contributed by atoms with Crippen molar-refractivity contribution in [1.82, 2.24) is 0 Å². The Hall–Kier alpha value is -1.50. The number of aryl methyl sites for hydroxylation is 1. The molecule has 1 atom stereocenters. The van der Waals surface area contributed by atoms with E-state index in [1.54, 1.807) is 7.11 Å². The fourth-order valence-corrected chi connectivity index (χ4v) is 1.38. The van der Waals surface area contributed by atoms with Crippen molar-refractivity contribution in [2.45, 2.75) is 26.4 Å². The van der Waals surface area contributed by atoms with E-state index in [4.69, 9.17) is 14.6 Å². The highest BCUT2D eigenvalue weighted by Crippen LogP contribution is 2.19. The lowest BCUT2D eigenvalue weighted by Gasteiger charge is -2.13. The van der Waals surface area contributed by atoms with Crippen molar-refractivity contribution < 1.29 is 14.6 Å². The number of rotatable bonds is 5. The summed E-state index contributed by atoms with van der Waals surface area (Å²) in [4.78, 5) is 0. The molecule has 0 amide bonds. The highest BCUT2D eigenvalue weighted by Gasteiger charge is 2.03. The Morgan fingerprint density at radius 3 is 2.78 bits per heavy atom. The molecule has 0 fully saturated rings. The molecule has 0 heterocycles. The molecule has 1 unspecified atom stereocenters. The number of aliphatic hydroxyl groups is 1. The largest absolute Gasteiger partial charge is 0.491 e. The van der Waals surface area contributed by atoms with Gasteiger partial charge in [0.2, 0.25) is 0 Å². The van der Waals surface area contributed by atoms with Crippen LogP contribution in [0.2, 0.25) is 0 Å². The van der Waals surface area contributed by atoms with Crippen LogP contribution in [0, 0.1) is 18.8 Å². The number of benzene rings is 1. The van der Waals surface area contributed by atoms with Crippen LogP contribution in [0.4, 0.5) is 0 Å². The molecule has 0 aromatic heterocycles. The van der Waals surface area contributed by atoms with Gasteiger partial charge in [-0.3, -0.25) is 0 Å². The molecule has 3 heteroatoms. The van der Waals surface area contributed by atoms with Gasteiger partial charge in [0.25, 0.3) is 0 Å². The van der Waals surface area contributed by atoms with Gasteiger partial charge in [0.05, 0.1) is 12.7 Å². The number of aliphatic hydroxyl groups excluding tert-OH is 1. The summed E-state index contributed by atoms with van der Waals surface area (Å²) in [5, 5.41) is 8.65. The smallest absolute Gasteiger partial charge is 0.122 e. The maximum absolute atomic E-state index is 8.65. The van der Waals surface area contributed by atoms with Crippen molar-refractivity contribution in [3.8, 4) is 17.6 Å². The van der Waals surface area contributed by atoms with Gasteiger partial charge in [-0.25, -0.2) is 0 Å². The summed E-state index contributed by atoms with van der Waals surface area (Å²) < 4.78 is 10.8. The van der Waals surface area contributed by atoms with Crippen LogP contribution >= 0.6 is 0 Å². The molecule has 0 saturated heterocycles. The van der Waals surface area contributed by atoms with Gasteiger partial charge in [-0.2, -0.15) is 0 Å². The van der Waals surface area contributed by atoms with Crippen molar-refractivity contribution in [3.63, 3.8) is 0 Å². The second-order valence-corrected chi connectivity index (χ2v) is 4.11. The predicted molar refractivity (Wildman–Crippen MR) is 71.7 cm³/mol. The minimum Gasteiger partial charge on any atom is -0.491 e. The Morgan fingerprint density at radius 2 is 2.17 bits per heavy atom. The van der Waals surface area contributed by atoms with Gasteiger partial charge >= 0.3 is 0 Å². The first-order valence-corrected chi connectivity index (χ1v) is 6.03. The molecule has 1 N–H and O–H groups in total. The summed E-state index contributed by atoms with van der Waals surface area (Å²) in [5.41, 5.74) is 1.99. The molecule has 1 aromatic carbocycles. The lowest BCUT2D eigenvalue weighted by atomic mass is 10.1. The molecule has 0 bridgehead atoms. The third kappa shape index (κ3) is 4.79. The lowest BCUT2D eigenvalue weighted by molar-refractivity contribution is 0.0714. The van der Waals surface area contributed by atoms with Crippen molar-refractivity contribution in [2.24, 2.45) is 0 Å². The monoisotopic (exact) mass is 248 g/mol. The average molecular weight is 248 g/mol. The zero-order chi connectivity index (χ0) is 13.4. The number of hydrogen-bond acceptors (Lipinski definition) is 3. The molecule has 0 radical (unpaired) electrons. The summed E-state index contributed by atoms with van der Waals surface area (Å²) >= 11 is 0. The van der Waals surface area contributed by atoms with E-state index < -0.39 is 0 Å². The maximum Gasteiger partial charge on any atom is 0.122 e. The Morgan fingerprint density at radius 1 is 1.39 bits per heavy atom. The predicted octanol–water partition coefficient (Wildman–Crippen LogP) is 2.14. The molecule has 1 aromatic rings. The zero-order valence-electron chi connectivity index (χ0n) is 11.2. The summed E-state index contributed by atoms with van der Waals surface area (Å²) in [7, 11) is 1.67. The number of ether oxygens (including phenoxy) is 2. The van der Waals surface area contributed by atoms with E-state index in [1.807, 2.05) is 32.0 Å². The van der Waals surface area contributed by atoms with E-state index in [0.717, 1.165) is 16.9 Å². The van der Waals surface area contributed by atoms with Crippen molar-refractivity contribution in [1.29, 1.82) is 0 Å². The van der Waals surface area contributed by atoms with Gasteiger partial charge in [-0.1, -0.05) is 11.8 Å². The lowest BCUT2D eigenvalue weighted by Crippen LogP contribution is -2.16. The van der Waals surface area contributed by atoms with E-state index in [1.165, 1.54) is 0 Å². The number of hydrogen-bond donors (Lipinski definition) is 1. The molecule has 3 nitrogen and oxygen atoms in total. The number of methoxy groups -OCH3 is 1. The third-order valence-corrected chi connectivity index (χ3v) is 2.52. The molecule has 98 valence electrons. The molecule has 0 saturated carbocycles. The van der Waals surface area contributed by atoms with Crippen molar-refractivity contribution in [3.05, 3.63) is 29.3 Å². The minimum absolute atomic E-state index is 0.0772. The molecule has 0 spiro atoms. The normalized spacial score (nSPS) is 11.6. The van der Waals surface area contributed by atoms with Gasteiger partial charge in [0.15, 0.2) is 0 Å². The average Bonchev–Trinajstić information content (AvgIpc) is 2.37. The Balaban J connectivity index is 2.65. The molecule has 0 aliphatic heterocycles. The van der Waals surface area contributed by atoms with Gasteiger partial charge < -0.3 is 14.6 Å². The Bertz CT molecular complexity index is 429. The minimum atomic E-state index is 0.0772. The van der Waals surface area contributed by atoms with Crippen LogP contribution in [0.25, 0.3) is 0 Å². The van der Waals surface area contributed by atoms with Crippen LogP contribution in [-0.4, -0.2) is 31.5 Å². The topological polar surface area (TPSA) is 38.7 Å². The van der Waals surface area contributed by atoms with Gasteiger partial charge in [-0.05, 0) is 37.6 Å². The Kier molecular flexibility index (Phi) is 6.27. The first-order valence-electron chi connectivity index (χ1n) is 6.03. The molecule has 1 rings (SSSR count). The molecule has 18 heavy (non-hydrogen) atoms. The highest BCUT2D eigenvalue weighted by atomic mass is 16.5. The van der Waals surface area contributed by atoms with E-state index in [9.17, 15) is 0 Å². The van der Waals surface area contributed by atoms with Crippen LogP contribution in [0.1, 0.15) is 24.5 Å². The van der Waals surface area contributed by atoms with E-state index in [-0.39, 0.29) is 12.7 Å². The van der Waals surface area contributed by atoms with Gasteiger partial charge in [0.1, 0.15) is 12.4 Å². The van der Waals surface area contributed by atoms with E-state index in [2.05, 4.69) is 11.8 Å². The van der Waals surface area contributed by atoms with Gasteiger partial charge in [0, 0.05) is 19.1 Å². The molecular formula is C15H20O3. The zero-order valence-corrected chi connectivity index (χ0v) is 11.2. The van der Waals surface area contributed by atoms with Crippen LogP contribution in [0.15, 0.2) is 18.2 Å². The summed E-state index contributed by atoms with van der Waals surface area (Å²) in [5.74, 6) is 6.75. The quantitative estimate of drug-likeness (QED) is 0.811. The first kappa shape index (κ1) is 14.6. The summed E-state index contributed by atoms with van der Waals surface area (Å²) in [6.45, 7) is 4.59. The second kappa shape index (κ2) is 7.75. The SMILES string of the molecule is COC(C)COc1ccc(C#CCCO)cc1C. The van der Waals surface area contributed by atoms with Crippen LogP contribution in [0.3, 0.4) is 0 Å². The maximum atomic E-state index is 8.65. The molecular weight excluding hydrogens is 228 g/mol. The van der Waals surface area contributed by atoms with Crippen LogP contribution < -0.4 is 4.74 Å². The standard InChI is InChI=1S/C15H20O3/c1-12-10-14(6-4-5-9-16)7-8-15(12)18-11-13(2)17-3/h7-8,10,13,16H,5,9,11H2,1-3H3. The van der Waals surface area contributed by atoms with Crippen LogP contribution in [0.5, 0.6) is 5.75 Å². The van der Waals surface area contributed by atoms with E-state index >= 15 is 0 Å². The first-order chi connectivity index (χ1) is 8.67. The highest BCUT2D eigenvalue weighted by molar-refractivity contribution is 5.43. The Labute approximate surface area is 109 Å². The second-order valence-electron chi connectivity index (χ2n) is 4.11. The van der Waals surface area contributed by atoms with Crippen molar-refractivity contribution in [2.75, 3.05) is 20.3 Å². The molecule has 0 aliphatic carbocycles. The summed E-state index contributed by atoms with van der Waals surface area (Å²) in [6, 6.07) is 5.82. The third-order valence-electron chi connectivity index (χ3n) is 2.52.